The molecule has 0 fully saturated rings. The Morgan fingerprint density at radius 2 is 2.05 bits per heavy atom. The van der Waals surface area contributed by atoms with Crippen LogP contribution in [-0.4, -0.2) is 14.7 Å². The summed E-state index contributed by atoms with van der Waals surface area (Å²) in [6.07, 6.45) is 2.04. The molecule has 0 radical (unpaired) electrons. The maximum Gasteiger partial charge on any atom is 0.0957 e. The molecule has 1 aromatic heterocycles. The Hall–Kier alpha value is -1.26. The zero-order valence-electron chi connectivity index (χ0n) is 11.7. The quantitative estimate of drug-likeness (QED) is 0.910. The molecule has 0 aliphatic rings. The van der Waals surface area contributed by atoms with Crippen LogP contribution in [-0.2, 0) is 12.8 Å². The molecule has 0 spiro atoms. The van der Waals surface area contributed by atoms with Crippen molar-refractivity contribution >= 4 is 11.5 Å². The van der Waals surface area contributed by atoms with E-state index in [4.69, 9.17) is 0 Å². The minimum Gasteiger partial charge on any atom is -0.387 e. The van der Waals surface area contributed by atoms with Gasteiger partial charge in [-0.25, -0.2) is 0 Å². The minimum absolute atomic E-state index is 0.497. The summed E-state index contributed by atoms with van der Waals surface area (Å²) in [4.78, 5) is 0.917. The third-order valence-electron chi connectivity index (χ3n) is 3.37. The van der Waals surface area contributed by atoms with Crippen molar-refractivity contribution in [3.8, 4) is 0 Å². The monoisotopic (exact) mass is 276 g/mol. The first-order chi connectivity index (χ1) is 9.11. The molecule has 0 bridgehead atoms. The summed E-state index contributed by atoms with van der Waals surface area (Å²) in [6, 6.07) is 6.33. The summed E-state index contributed by atoms with van der Waals surface area (Å²) < 4.78 is 3.97. The van der Waals surface area contributed by atoms with E-state index in [-0.39, 0.29) is 0 Å². The SMILES string of the molecule is CCCc1nnsc1C(O)Cc1ccc(C)c(C)c1. The number of benzene rings is 1. The number of nitrogens with zero attached hydrogens (tertiary/aromatic N) is 2. The molecule has 1 N–H and O–H groups in total. The lowest BCUT2D eigenvalue weighted by Crippen LogP contribution is -2.03. The van der Waals surface area contributed by atoms with E-state index < -0.39 is 6.10 Å². The van der Waals surface area contributed by atoms with Gasteiger partial charge in [0.1, 0.15) is 0 Å². The number of rotatable bonds is 5. The normalized spacial score (nSPS) is 12.6. The van der Waals surface area contributed by atoms with Crippen LogP contribution in [0.2, 0.25) is 0 Å². The predicted octanol–water partition coefficient (Wildman–Crippen LogP) is 3.38. The highest BCUT2D eigenvalue weighted by molar-refractivity contribution is 7.05. The van der Waals surface area contributed by atoms with Crippen molar-refractivity contribution in [1.29, 1.82) is 0 Å². The predicted molar refractivity (Wildman–Crippen MR) is 78.5 cm³/mol. The Labute approximate surface area is 118 Å². The van der Waals surface area contributed by atoms with Gasteiger partial charge >= 0.3 is 0 Å². The van der Waals surface area contributed by atoms with Crippen LogP contribution in [0.1, 0.15) is 46.7 Å². The lowest BCUT2D eigenvalue weighted by molar-refractivity contribution is 0.181. The van der Waals surface area contributed by atoms with Crippen molar-refractivity contribution in [3.63, 3.8) is 0 Å². The molecule has 0 aliphatic carbocycles. The molecule has 19 heavy (non-hydrogen) atoms. The standard InChI is InChI=1S/C15H20N2OS/c1-4-5-13-15(19-17-16-13)14(18)9-12-7-6-10(2)11(3)8-12/h6-8,14,18H,4-5,9H2,1-3H3. The van der Waals surface area contributed by atoms with Crippen molar-refractivity contribution in [2.24, 2.45) is 0 Å². The molecular weight excluding hydrogens is 256 g/mol. The molecule has 4 heteroatoms. The molecular formula is C15H20N2OS. The summed E-state index contributed by atoms with van der Waals surface area (Å²) in [5.74, 6) is 0. The van der Waals surface area contributed by atoms with Gasteiger partial charge in [0.2, 0.25) is 0 Å². The van der Waals surface area contributed by atoms with Crippen LogP contribution >= 0.6 is 11.5 Å². The second-order valence-electron chi connectivity index (χ2n) is 4.97. The van der Waals surface area contributed by atoms with Crippen LogP contribution in [0, 0.1) is 13.8 Å². The van der Waals surface area contributed by atoms with Crippen LogP contribution in [0.4, 0.5) is 0 Å². The molecule has 1 heterocycles. The average molecular weight is 276 g/mol. The fraction of sp³-hybridized carbons (Fsp3) is 0.467. The minimum atomic E-state index is -0.497. The molecule has 0 saturated heterocycles. The zero-order chi connectivity index (χ0) is 13.8. The molecule has 3 nitrogen and oxygen atoms in total. The van der Waals surface area contributed by atoms with Crippen molar-refractivity contribution in [2.45, 2.75) is 46.1 Å². The van der Waals surface area contributed by atoms with Gasteiger partial charge in [-0.1, -0.05) is 36.0 Å². The van der Waals surface area contributed by atoms with E-state index in [1.165, 1.54) is 22.7 Å². The van der Waals surface area contributed by atoms with Crippen LogP contribution in [0.3, 0.4) is 0 Å². The van der Waals surface area contributed by atoms with Gasteiger partial charge in [0.25, 0.3) is 0 Å². The number of aliphatic hydroxyl groups excluding tert-OH is 1. The number of aryl methyl sites for hydroxylation is 3. The topological polar surface area (TPSA) is 46.0 Å². The van der Waals surface area contributed by atoms with Crippen molar-refractivity contribution in [3.05, 3.63) is 45.5 Å². The Balaban J connectivity index is 2.13. The van der Waals surface area contributed by atoms with E-state index >= 15 is 0 Å². The molecule has 102 valence electrons. The maximum atomic E-state index is 10.4. The van der Waals surface area contributed by atoms with Crippen LogP contribution in [0.15, 0.2) is 18.2 Å². The Morgan fingerprint density at radius 3 is 2.74 bits per heavy atom. The first-order valence-corrected chi connectivity index (χ1v) is 7.44. The summed E-state index contributed by atoms with van der Waals surface area (Å²) >= 11 is 1.31. The number of aromatic nitrogens is 2. The highest BCUT2D eigenvalue weighted by Crippen LogP contribution is 2.25. The average Bonchev–Trinajstić information content (AvgIpc) is 2.83. The van der Waals surface area contributed by atoms with Gasteiger partial charge in [0.15, 0.2) is 0 Å². The van der Waals surface area contributed by atoms with E-state index in [1.54, 1.807) is 0 Å². The van der Waals surface area contributed by atoms with Crippen LogP contribution in [0.5, 0.6) is 0 Å². The van der Waals surface area contributed by atoms with E-state index in [0.717, 1.165) is 29.0 Å². The summed E-state index contributed by atoms with van der Waals surface area (Å²) in [5.41, 5.74) is 4.65. The lowest BCUT2D eigenvalue weighted by Gasteiger charge is -2.11. The highest BCUT2D eigenvalue weighted by Gasteiger charge is 2.17. The number of hydrogen-bond acceptors (Lipinski definition) is 4. The Bertz CT molecular complexity index is 551. The molecule has 1 atom stereocenters. The largest absolute Gasteiger partial charge is 0.387 e. The summed E-state index contributed by atoms with van der Waals surface area (Å²) in [5, 5.41) is 14.5. The van der Waals surface area contributed by atoms with Crippen LogP contribution < -0.4 is 0 Å². The molecule has 2 aromatic rings. The maximum absolute atomic E-state index is 10.4. The molecule has 1 aromatic carbocycles. The Kier molecular flexibility index (Phi) is 4.66. The summed E-state index contributed by atoms with van der Waals surface area (Å²) in [7, 11) is 0. The molecule has 1 unspecified atom stereocenters. The van der Waals surface area contributed by atoms with Gasteiger partial charge in [-0.05, 0) is 48.5 Å². The van der Waals surface area contributed by atoms with Gasteiger partial charge in [-0.15, -0.1) is 5.10 Å². The lowest BCUT2D eigenvalue weighted by atomic mass is 10.0. The van der Waals surface area contributed by atoms with Gasteiger partial charge < -0.3 is 5.11 Å². The third-order valence-corrected chi connectivity index (χ3v) is 4.24. The molecule has 2 rings (SSSR count). The number of aliphatic hydroxyl groups is 1. The van der Waals surface area contributed by atoms with Gasteiger partial charge in [0, 0.05) is 6.42 Å². The second kappa shape index (κ2) is 6.26. The van der Waals surface area contributed by atoms with E-state index in [9.17, 15) is 5.11 Å². The molecule has 0 saturated carbocycles. The first kappa shape index (κ1) is 14.2. The smallest absolute Gasteiger partial charge is 0.0957 e. The van der Waals surface area contributed by atoms with Crippen LogP contribution in [0.25, 0.3) is 0 Å². The van der Waals surface area contributed by atoms with E-state index in [2.05, 4.69) is 48.6 Å². The fourth-order valence-electron chi connectivity index (χ4n) is 2.13. The third kappa shape index (κ3) is 3.39. The van der Waals surface area contributed by atoms with Crippen molar-refractivity contribution < 1.29 is 5.11 Å². The van der Waals surface area contributed by atoms with Gasteiger partial charge in [0.05, 0.1) is 16.7 Å². The van der Waals surface area contributed by atoms with Gasteiger partial charge in [-0.2, -0.15) is 0 Å². The number of hydrogen-bond donors (Lipinski definition) is 1. The van der Waals surface area contributed by atoms with E-state index in [0.29, 0.717) is 6.42 Å². The fourth-order valence-corrected chi connectivity index (χ4v) is 2.81. The highest BCUT2D eigenvalue weighted by atomic mass is 32.1. The first-order valence-electron chi connectivity index (χ1n) is 6.67. The summed E-state index contributed by atoms with van der Waals surface area (Å²) in [6.45, 7) is 6.31. The van der Waals surface area contributed by atoms with Crippen molar-refractivity contribution in [2.75, 3.05) is 0 Å². The van der Waals surface area contributed by atoms with Gasteiger partial charge in [-0.3, -0.25) is 0 Å². The molecule has 0 amide bonds. The second-order valence-corrected chi connectivity index (χ2v) is 5.76. The zero-order valence-corrected chi connectivity index (χ0v) is 12.5. The van der Waals surface area contributed by atoms with Crippen molar-refractivity contribution in [1.82, 2.24) is 9.59 Å². The molecule has 0 aliphatic heterocycles. The van der Waals surface area contributed by atoms with E-state index in [1.807, 2.05) is 0 Å². The Morgan fingerprint density at radius 1 is 1.26 bits per heavy atom.